The first kappa shape index (κ1) is 20.7. The van der Waals surface area contributed by atoms with Crippen LogP contribution in [0.15, 0.2) is 59.8 Å². The van der Waals surface area contributed by atoms with Gasteiger partial charge in [0.25, 0.3) is 15.9 Å². The van der Waals surface area contributed by atoms with Crippen LogP contribution < -0.4 is 14.8 Å². The van der Waals surface area contributed by atoms with Gasteiger partial charge >= 0.3 is 0 Å². The SMILES string of the molecule is CCOc1ccc(NS(=O)(=O)c2[nH]ncc2C(=O)NCc2ccc(Cl)cc2)cc1. The van der Waals surface area contributed by atoms with Crippen LogP contribution in [0.1, 0.15) is 22.8 Å². The summed E-state index contributed by atoms with van der Waals surface area (Å²) in [6.45, 7) is 2.58. The standard InChI is InChI=1S/C19H19ClN4O4S/c1-2-28-16-9-7-15(8-10-16)24-29(26,27)19-17(12-22-23-19)18(25)21-11-13-3-5-14(20)6-4-13/h3-10,12,24H,2,11H2,1H3,(H,21,25)(H,22,23). The van der Waals surface area contributed by atoms with Crippen LogP contribution in [0, 0.1) is 0 Å². The molecular formula is C19H19ClN4O4S. The minimum Gasteiger partial charge on any atom is -0.494 e. The molecule has 1 aromatic heterocycles. The lowest BCUT2D eigenvalue weighted by Crippen LogP contribution is -2.25. The number of nitrogens with zero attached hydrogens (tertiary/aromatic N) is 1. The van der Waals surface area contributed by atoms with Crippen molar-refractivity contribution in [1.29, 1.82) is 0 Å². The molecule has 3 N–H and O–H groups in total. The fourth-order valence-electron chi connectivity index (χ4n) is 2.51. The molecule has 0 aliphatic carbocycles. The Morgan fingerprint density at radius 2 is 1.83 bits per heavy atom. The highest BCUT2D eigenvalue weighted by Gasteiger charge is 2.25. The summed E-state index contributed by atoms with van der Waals surface area (Å²) in [6.07, 6.45) is 1.17. The van der Waals surface area contributed by atoms with Gasteiger partial charge in [-0.15, -0.1) is 0 Å². The van der Waals surface area contributed by atoms with E-state index in [0.29, 0.717) is 23.1 Å². The minimum absolute atomic E-state index is 0.0857. The number of carbonyl (C=O) groups is 1. The average molecular weight is 435 g/mol. The second-order valence-electron chi connectivity index (χ2n) is 5.98. The number of carbonyl (C=O) groups excluding carboxylic acids is 1. The number of sulfonamides is 1. The molecule has 152 valence electrons. The van der Waals surface area contributed by atoms with E-state index in [4.69, 9.17) is 16.3 Å². The molecule has 0 unspecified atom stereocenters. The molecule has 0 spiro atoms. The van der Waals surface area contributed by atoms with Crippen molar-refractivity contribution in [2.75, 3.05) is 11.3 Å². The molecule has 8 nitrogen and oxygen atoms in total. The summed E-state index contributed by atoms with van der Waals surface area (Å²) in [5.41, 5.74) is 1.07. The molecule has 3 aromatic rings. The van der Waals surface area contributed by atoms with E-state index >= 15 is 0 Å². The maximum Gasteiger partial charge on any atom is 0.279 e. The Morgan fingerprint density at radius 3 is 2.48 bits per heavy atom. The molecule has 10 heteroatoms. The van der Waals surface area contributed by atoms with Crippen molar-refractivity contribution in [3.05, 3.63) is 70.9 Å². The quantitative estimate of drug-likeness (QED) is 0.504. The Kier molecular flexibility index (Phi) is 6.40. The first-order valence-electron chi connectivity index (χ1n) is 8.70. The van der Waals surface area contributed by atoms with Crippen molar-refractivity contribution in [3.63, 3.8) is 0 Å². The Morgan fingerprint density at radius 1 is 1.14 bits per heavy atom. The molecule has 29 heavy (non-hydrogen) atoms. The monoisotopic (exact) mass is 434 g/mol. The molecule has 1 heterocycles. The van der Waals surface area contributed by atoms with Crippen molar-refractivity contribution in [2.24, 2.45) is 0 Å². The summed E-state index contributed by atoms with van der Waals surface area (Å²) in [6, 6.07) is 13.4. The number of aromatic nitrogens is 2. The second kappa shape index (κ2) is 8.97. The highest BCUT2D eigenvalue weighted by Crippen LogP contribution is 2.20. The van der Waals surface area contributed by atoms with Crippen LogP contribution in [0.2, 0.25) is 5.02 Å². The number of rotatable bonds is 8. The highest BCUT2D eigenvalue weighted by atomic mass is 35.5. The molecule has 0 fully saturated rings. The van der Waals surface area contributed by atoms with Crippen LogP contribution in [0.25, 0.3) is 0 Å². The van der Waals surface area contributed by atoms with E-state index in [9.17, 15) is 13.2 Å². The predicted molar refractivity (Wildman–Crippen MR) is 110 cm³/mol. The lowest BCUT2D eigenvalue weighted by molar-refractivity contribution is 0.0947. The van der Waals surface area contributed by atoms with Crippen molar-refractivity contribution in [2.45, 2.75) is 18.5 Å². The van der Waals surface area contributed by atoms with Crippen molar-refractivity contribution >= 4 is 33.2 Å². The third kappa shape index (κ3) is 5.27. The summed E-state index contributed by atoms with van der Waals surface area (Å²) in [5, 5.41) is 9.03. The number of ether oxygens (including phenoxy) is 1. The van der Waals surface area contributed by atoms with Crippen LogP contribution in [0.4, 0.5) is 5.69 Å². The number of hydrogen-bond donors (Lipinski definition) is 3. The lowest BCUT2D eigenvalue weighted by atomic mass is 10.2. The summed E-state index contributed by atoms with van der Waals surface area (Å²) in [5.74, 6) is 0.0556. The zero-order valence-electron chi connectivity index (χ0n) is 15.5. The number of halogens is 1. The summed E-state index contributed by atoms with van der Waals surface area (Å²) in [4.78, 5) is 12.5. The number of amides is 1. The van der Waals surface area contributed by atoms with Gasteiger partial charge in [-0.05, 0) is 48.9 Å². The van der Waals surface area contributed by atoms with Crippen molar-refractivity contribution in [3.8, 4) is 5.75 Å². The topological polar surface area (TPSA) is 113 Å². The highest BCUT2D eigenvalue weighted by molar-refractivity contribution is 7.92. The molecular weight excluding hydrogens is 416 g/mol. The first-order chi connectivity index (χ1) is 13.9. The fraction of sp³-hybridized carbons (Fsp3) is 0.158. The molecule has 0 radical (unpaired) electrons. The molecule has 0 aliphatic rings. The van der Waals surface area contributed by atoms with Gasteiger partial charge in [-0.3, -0.25) is 14.6 Å². The van der Waals surface area contributed by atoms with E-state index in [1.54, 1.807) is 48.5 Å². The van der Waals surface area contributed by atoms with E-state index in [1.165, 1.54) is 6.20 Å². The van der Waals surface area contributed by atoms with Crippen LogP contribution >= 0.6 is 11.6 Å². The first-order valence-corrected chi connectivity index (χ1v) is 10.6. The van der Waals surface area contributed by atoms with Gasteiger partial charge in [0.15, 0.2) is 5.03 Å². The van der Waals surface area contributed by atoms with Gasteiger partial charge in [-0.1, -0.05) is 23.7 Å². The Hall–Kier alpha value is -3.04. The molecule has 0 saturated heterocycles. The lowest BCUT2D eigenvalue weighted by Gasteiger charge is -2.10. The summed E-state index contributed by atoms with van der Waals surface area (Å²) >= 11 is 5.84. The zero-order valence-corrected chi connectivity index (χ0v) is 17.0. The third-order valence-corrected chi connectivity index (χ3v) is 5.51. The van der Waals surface area contributed by atoms with Gasteiger partial charge in [-0.2, -0.15) is 13.5 Å². The Bertz CT molecular complexity index is 1080. The van der Waals surface area contributed by atoms with Crippen LogP contribution in [-0.2, 0) is 16.6 Å². The van der Waals surface area contributed by atoms with E-state index in [2.05, 4.69) is 20.2 Å². The maximum atomic E-state index is 12.7. The predicted octanol–water partition coefficient (Wildman–Crippen LogP) is 3.19. The number of anilines is 1. The van der Waals surface area contributed by atoms with E-state index in [-0.39, 0.29) is 17.1 Å². The smallest absolute Gasteiger partial charge is 0.279 e. The largest absolute Gasteiger partial charge is 0.494 e. The number of H-pyrrole nitrogens is 1. The molecule has 1 amide bonds. The van der Waals surface area contributed by atoms with Gasteiger partial charge in [0, 0.05) is 17.3 Å². The number of benzene rings is 2. The van der Waals surface area contributed by atoms with Crippen molar-refractivity contribution in [1.82, 2.24) is 15.5 Å². The maximum absolute atomic E-state index is 12.7. The number of aromatic amines is 1. The summed E-state index contributed by atoms with van der Waals surface area (Å²) < 4.78 is 33.2. The van der Waals surface area contributed by atoms with Crippen LogP contribution in [0.5, 0.6) is 5.75 Å². The van der Waals surface area contributed by atoms with Gasteiger partial charge in [0.05, 0.1) is 18.4 Å². The van der Waals surface area contributed by atoms with Gasteiger partial charge in [0.2, 0.25) is 0 Å². The second-order valence-corrected chi connectivity index (χ2v) is 8.04. The van der Waals surface area contributed by atoms with Crippen LogP contribution in [0.3, 0.4) is 0 Å². The minimum atomic E-state index is -4.05. The Balaban J connectivity index is 1.71. The zero-order chi connectivity index (χ0) is 20.9. The molecule has 3 rings (SSSR count). The average Bonchev–Trinajstić information content (AvgIpc) is 3.20. The molecule has 2 aromatic carbocycles. The number of hydrogen-bond acceptors (Lipinski definition) is 5. The summed E-state index contributed by atoms with van der Waals surface area (Å²) in [7, 11) is -4.05. The number of nitrogens with one attached hydrogen (secondary N) is 3. The van der Waals surface area contributed by atoms with Gasteiger partial charge in [-0.25, -0.2) is 0 Å². The van der Waals surface area contributed by atoms with Crippen LogP contribution in [-0.4, -0.2) is 31.1 Å². The van der Waals surface area contributed by atoms with E-state index in [0.717, 1.165) is 5.56 Å². The molecule has 0 saturated carbocycles. The molecule has 0 atom stereocenters. The fourth-order valence-corrected chi connectivity index (χ4v) is 3.80. The molecule has 0 aliphatic heterocycles. The molecule has 0 bridgehead atoms. The van der Waals surface area contributed by atoms with E-state index < -0.39 is 15.9 Å². The van der Waals surface area contributed by atoms with Crippen molar-refractivity contribution < 1.29 is 17.9 Å². The Labute approximate surface area is 173 Å². The van der Waals surface area contributed by atoms with E-state index in [1.807, 2.05) is 6.92 Å². The van der Waals surface area contributed by atoms with Gasteiger partial charge in [0.1, 0.15) is 5.75 Å². The van der Waals surface area contributed by atoms with Gasteiger partial charge < -0.3 is 10.1 Å². The normalized spacial score (nSPS) is 11.1. The third-order valence-electron chi connectivity index (χ3n) is 3.90.